The highest BCUT2D eigenvalue weighted by Gasteiger charge is 2.30. The molecule has 1 aliphatic carbocycles. The summed E-state index contributed by atoms with van der Waals surface area (Å²) in [5.41, 5.74) is 1.42. The number of H-pyrrole nitrogens is 1. The summed E-state index contributed by atoms with van der Waals surface area (Å²) in [6.07, 6.45) is 5.21. The van der Waals surface area contributed by atoms with Crippen LogP contribution in [0.3, 0.4) is 0 Å². The molecule has 36 heavy (non-hydrogen) atoms. The Morgan fingerprint density at radius 1 is 1.11 bits per heavy atom. The number of aryl methyl sites for hydroxylation is 1. The number of nitrogens with zero attached hydrogens (tertiary/aromatic N) is 4. The number of nitrogens with one attached hydrogen (secondary N) is 1. The molecule has 1 aromatic carbocycles. The topological polar surface area (TPSA) is 130 Å². The molecular formula is C25H33N5O5S. The van der Waals surface area contributed by atoms with E-state index >= 15 is 0 Å². The Labute approximate surface area is 210 Å². The van der Waals surface area contributed by atoms with E-state index in [2.05, 4.69) is 4.98 Å². The number of imidazole rings is 1. The van der Waals surface area contributed by atoms with Gasteiger partial charge in [0.15, 0.2) is 5.65 Å². The molecule has 2 fully saturated rings. The molecule has 0 amide bonds. The summed E-state index contributed by atoms with van der Waals surface area (Å²) in [6.45, 7) is 4.69. The lowest BCUT2D eigenvalue weighted by Crippen LogP contribution is -2.40. The van der Waals surface area contributed by atoms with Gasteiger partial charge in [0.25, 0.3) is 0 Å². The van der Waals surface area contributed by atoms with Crippen LogP contribution in [0.2, 0.25) is 0 Å². The van der Waals surface area contributed by atoms with Crippen molar-refractivity contribution in [1.82, 2.24) is 23.7 Å². The van der Waals surface area contributed by atoms with Crippen molar-refractivity contribution in [3.8, 4) is 17.1 Å². The van der Waals surface area contributed by atoms with Gasteiger partial charge in [-0.1, -0.05) is 19.8 Å². The lowest BCUT2D eigenvalue weighted by Gasteiger charge is -2.29. The maximum atomic E-state index is 13.4. The highest BCUT2D eigenvalue weighted by Crippen LogP contribution is 2.36. The summed E-state index contributed by atoms with van der Waals surface area (Å²) in [6, 6.07) is 4.65. The summed E-state index contributed by atoms with van der Waals surface area (Å²) >= 11 is 0. The normalized spacial score (nSPS) is 18.3. The van der Waals surface area contributed by atoms with Crippen molar-refractivity contribution in [1.29, 1.82) is 0 Å². The van der Waals surface area contributed by atoms with E-state index in [1.807, 2.05) is 13.8 Å². The van der Waals surface area contributed by atoms with Gasteiger partial charge in [-0.15, -0.1) is 0 Å². The van der Waals surface area contributed by atoms with E-state index in [-0.39, 0.29) is 35.4 Å². The minimum Gasteiger partial charge on any atom is -0.493 e. The van der Waals surface area contributed by atoms with Gasteiger partial charge in [-0.25, -0.2) is 27.6 Å². The van der Waals surface area contributed by atoms with E-state index in [1.54, 1.807) is 6.07 Å². The van der Waals surface area contributed by atoms with Gasteiger partial charge in [-0.3, -0.25) is 4.98 Å². The van der Waals surface area contributed by atoms with Crippen LogP contribution >= 0.6 is 0 Å². The van der Waals surface area contributed by atoms with Crippen LogP contribution < -0.4 is 10.4 Å². The Morgan fingerprint density at radius 3 is 2.50 bits per heavy atom. The second kappa shape index (κ2) is 9.95. The molecule has 2 aliphatic rings. The fourth-order valence-electron chi connectivity index (χ4n) is 5.29. The molecule has 2 aromatic heterocycles. The minimum atomic E-state index is -3.79. The molecule has 194 valence electrons. The van der Waals surface area contributed by atoms with E-state index < -0.39 is 16.1 Å². The van der Waals surface area contributed by atoms with Crippen molar-refractivity contribution in [3.63, 3.8) is 0 Å². The van der Waals surface area contributed by atoms with Crippen molar-refractivity contribution in [2.75, 3.05) is 19.7 Å². The van der Waals surface area contributed by atoms with E-state index in [4.69, 9.17) is 14.7 Å². The lowest BCUT2D eigenvalue weighted by atomic mass is 10.0. The van der Waals surface area contributed by atoms with Gasteiger partial charge in [0.1, 0.15) is 17.4 Å². The molecule has 0 atom stereocenters. The molecule has 1 saturated carbocycles. The van der Waals surface area contributed by atoms with Crippen LogP contribution in [0, 0.1) is 0 Å². The number of fused-ring (bicyclic) bond motifs is 1. The van der Waals surface area contributed by atoms with Gasteiger partial charge in [-0.2, -0.15) is 4.31 Å². The number of hydrogen-bond donors (Lipinski definition) is 2. The number of aromatic amines is 1. The van der Waals surface area contributed by atoms with Gasteiger partial charge in [0, 0.05) is 25.4 Å². The molecule has 3 aromatic rings. The van der Waals surface area contributed by atoms with Crippen molar-refractivity contribution in [2.45, 2.75) is 75.7 Å². The monoisotopic (exact) mass is 515 g/mol. The molecule has 5 rings (SSSR count). The fraction of sp³-hybridized carbons (Fsp3) is 0.560. The van der Waals surface area contributed by atoms with Crippen LogP contribution in [0.1, 0.15) is 69.8 Å². The highest BCUT2D eigenvalue weighted by molar-refractivity contribution is 7.89. The average molecular weight is 516 g/mol. The molecule has 0 radical (unpaired) electrons. The second-order valence-corrected chi connectivity index (χ2v) is 11.5. The summed E-state index contributed by atoms with van der Waals surface area (Å²) < 4.78 is 35.5. The van der Waals surface area contributed by atoms with E-state index in [1.165, 1.54) is 20.8 Å². The quantitative estimate of drug-likeness (QED) is 0.495. The van der Waals surface area contributed by atoms with Gasteiger partial charge in [0.2, 0.25) is 10.0 Å². The third-order valence-electron chi connectivity index (χ3n) is 7.22. The van der Waals surface area contributed by atoms with Gasteiger partial charge < -0.3 is 9.84 Å². The first kappa shape index (κ1) is 24.9. The Bertz CT molecular complexity index is 1420. The van der Waals surface area contributed by atoms with Gasteiger partial charge in [-0.05, 0) is 50.8 Å². The zero-order valence-electron chi connectivity index (χ0n) is 20.7. The Hall–Kier alpha value is -2.76. The van der Waals surface area contributed by atoms with Crippen LogP contribution in [0.25, 0.3) is 17.0 Å². The molecule has 11 heteroatoms. The van der Waals surface area contributed by atoms with Crippen molar-refractivity contribution < 1.29 is 18.3 Å². The van der Waals surface area contributed by atoms with E-state index in [0.717, 1.165) is 31.4 Å². The van der Waals surface area contributed by atoms with Crippen LogP contribution in [0.4, 0.5) is 0 Å². The third-order valence-corrected chi connectivity index (χ3v) is 9.11. The molecule has 1 aliphatic heterocycles. The molecule has 2 N–H and O–H groups in total. The van der Waals surface area contributed by atoms with E-state index in [9.17, 15) is 18.3 Å². The molecular weight excluding hydrogens is 482 g/mol. The molecule has 1 saturated heterocycles. The number of sulfonamides is 1. The molecule has 10 nitrogen and oxygen atoms in total. The molecule has 3 heterocycles. The average Bonchev–Trinajstić information content (AvgIpc) is 3.52. The smallest absolute Gasteiger partial charge is 0.334 e. The van der Waals surface area contributed by atoms with Crippen molar-refractivity contribution in [2.24, 2.45) is 0 Å². The lowest BCUT2D eigenvalue weighted by molar-refractivity contribution is 0.113. The fourth-order valence-corrected chi connectivity index (χ4v) is 6.79. The molecule has 0 unspecified atom stereocenters. The number of rotatable bonds is 7. The summed E-state index contributed by atoms with van der Waals surface area (Å²) in [5, 5.41) is 9.80. The predicted octanol–water partition coefficient (Wildman–Crippen LogP) is 2.85. The Kier molecular flexibility index (Phi) is 6.88. The molecule has 0 bridgehead atoms. The standard InChI is InChI=1S/C25H33N5O5S/c1-3-21-26-22(16-7-5-6-8-16)24-27-23(28-25(32)30(21)24)19-15-18(9-10-20(19)35-4-2)36(33,34)29-13-11-17(31)12-14-29/h9-10,15-17,31H,3-8,11-14H2,1-2H3,(H,27,28,32). The van der Waals surface area contributed by atoms with Gasteiger partial charge in [0.05, 0.1) is 28.9 Å². The van der Waals surface area contributed by atoms with E-state index in [0.29, 0.717) is 48.7 Å². The first-order chi connectivity index (χ1) is 17.3. The number of aliphatic hydroxyl groups is 1. The zero-order chi connectivity index (χ0) is 25.4. The van der Waals surface area contributed by atoms with Crippen molar-refractivity contribution in [3.05, 3.63) is 40.2 Å². The third kappa shape index (κ3) is 4.44. The summed E-state index contributed by atoms with van der Waals surface area (Å²) in [7, 11) is -3.79. The minimum absolute atomic E-state index is 0.0960. The summed E-state index contributed by atoms with van der Waals surface area (Å²) in [5.74, 6) is 1.62. The maximum absolute atomic E-state index is 13.4. The number of aromatic nitrogens is 4. The SMILES string of the molecule is CCOc1ccc(S(=O)(=O)N2CCC(O)CC2)cc1-c1nc2c(C3CCCC3)nc(CC)n2c(=O)[nH]1. The van der Waals surface area contributed by atoms with Crippen LogP contribution in [-0.4, -0.2) is 63.0 Å². The first-order valence-corrected chi connectivity index (χ1v) is 14.2. The second-order valence-electron chi connectivity index (χ2n) is 9.52. The Balaban J connectivity index is 1.64. The largest absolute Gasteiger partial charge is 0.493 e. The maximum Gasteiger partial charge on any atom is 0.334 e. The van der Waals surface area contributed by atoms with Crippen LogP contribution in [0.5, 0.6) is 5.75 Å². The Morgan fingerprint density at radius 2 is 1.83 bits per heavy atom. The first-order valence-electron chi connectivity index (χ1n) is 12.8. The molecule has 0 spiro atoms. The predicted molar refractivity (Wildman–Crippen MR) is 135 cm³/mol. The van der Waals surface area contributed by atoms with Crippen molar-refractivity contribution >= 4 is 15.7 Å². The number of ether oxygens (including phenoxy) is 1. The van der Waals surface area contributed by atoms with Gasteiger partial charge >= 0.3 is 5.69 Å². The number of benzene rings is 1. The van der Waals surface area contributed by atoms with Crippen LogP contribution in [-0.2, 0) is 16.4 Å². The zero-order valence-corrected chi connectivity index (χ0v) is 21.6. The number of hydrogen-bond acceptors (Lipinski definition) is 7. The number of aliphatic hydroxyl groups excluding tert-OH is 1. The van der Waals surface area contributed by atoms with Crippen LogP contribution in [0.15, 0.2) is 27.9 Å². The number of piperidine rings is 1. The summed E-state index contributed by atoms with van der Waals surface area (Å²) in [4.78, 5) is 25.8. The highest BCUT2D eigenvalue weighted by atomic mass is 32.2.